The van der Waals surface area contributed by atoms with Gasteiger partial charge < -0.3 is 0 Å². The summed E-state index contributed by atoms with van der Waals surface area (Å²) in [6.45, 7) is 21.6. The van der Waals surface area contributed by atoms with Crippen molar-refractivity contribution in [3.8, 4) is 0 Å². The highest BCUT2D eigenvalue weighted by Gasteiger charge is 2.24. The molecule has 0 spiro atoms. The molecule has 0 aromatic rings. The van der Waals surface area contributed by atoms with Crippen molar-refractivity contribution in [2.24, 2.45) is 23.7 Å². The molecule has 4 unspecified atom stereocenters. The van der Waals surface area contributed by atoms with E-state index in [1.807, 2.05) is 0 Å². The third kappa shape index (κ3) is 12.1. The Bertz CT molecular complexity index is 508. The molecule has 180 valence electrons. The molecule has 0 amide bonds. The van der Waals surface area contributed by atoms with Gasteiger partial charge in [0.25, 0.3) is 0 Å². The van der Waals surface area contributed by atoms with Crippen LogP contribution in [0.25, 0.3) is 0 Å². The summed E-state index contributed by atoms with van der Waals surface area (Å²) in [5, 5.41) is 0. The second-order valence-corrected chi connectivity index (χ2v) is 11.0. The van der Waals surface area contributed by atoms with E-state index in [-0.39, 0.29) is 0 Å². The first kappa shape index (κ1) is 28.3. The fourth-order valence-corrected chi connectivity index (χ4v) is 6.00. The summed E-state index contributed by atoms with van der Waals surface area (Å²) in [5.41, 5.74) is 4.31. The zero-order chi connectivity index (χ0) is 23.1. The minimum atomic E-state index is 0.809. The molecule has 2 rings (SSSR count). The van der Waals surface area contributed by atoms with Crippen molar-refractivity contribution in [3.05, 3.63) is 36.5 Å². The van der Waals surface area contributed by atoms with E-state index < -0.39 is 0 Å². The highest BCUT2D eigenvalue weighted by Crippen LogP contribution is 2.37. The molecule has 0 heterocycles. The van der Waals surface area contributed by atoms with Gasteiger partial charge in [0.05, 0.1) is 0 Å². The Morgan fingerprint density at radius 3 is 1.90 bits per heavy atom. The zero-order valence-corrected chi connectivity index (χ0v) is 22.0. The molecule has 0 nitrogen and oxygen atoms in total. The minimum absolute atomic E-state index is 0.809. The molecule has 0 radical (unpaired) electrons. The van der Waals surface area contributed by atoms with Crippen molar-refractivity contribution in [3.63, 3.8) is 0 Å². The van der Waals surface area contributed by atoms with Crippen LogP contribution < -0.4 is 0 Å². The standard InChI is InChI=1S/C17H30.C14H26/c1-5-9-14(2)10-8-12-16(4)17-13-7-6-11-15(17)3;1-4-7-13-8-5-6-9-14(13)11-10-12(2)3/h15,17H,2,4-13H2,1,3H3;13-14H,2,4-11H2,1,3H3. The summed E-state index contributed by atoms with van der Waals surface area (Å²) in [6, 6.07) is 0. The summed E-state index contributed by atoms with van der Waals surface area (Å²) in [4.78, 5) is 0. The van der Waals surface area contributed by atoms with Gasteiger partial charge in [-0.15, -0.1) is 6.58 Å². The lowest BCUT2D eigenvalue weighted by molar-refractivity contribution is 0.210. The topological polar surface area (TPSA) is 0 Å². The van der Waals surface area contributed by atoms with Crippen LogP contribution in [0.2, 0.25) is 0 Å². The molecule has 0 aromatic heterocycles. The minimum Gasteiger partial charge on any atom is -0.100 e. The summed E-state index contributed by atoms with van der Waals surface area (Å²) < 4.78 is 0. The van der Waals surface area contributed by atoms with Crippen LogP contribution in [0.3, 0.4) is 0 Å². The van der Waals surface area contributed by atoms with E-state index in [1.165, 1.54) is 126 Å². The maximum absolute atomic E-state index is 4.34. The summed E-state index contributed by atoms with van der Waals surface area (Å²) in [5.74, 6) is 3.73. The Morgan fingerprint density at radius 2 is 1.32 bits per heavy atom. The molecule has 2 aliphatic rings. The molecule has 0 bridgehead atoms. The Kier molecular flexibility index (Phi) is 15.3. The Balaban J connectivity index is 0.000000316. The van der Waals surface area contributed by atoms with Crippen LogP contribution >= 0.6 is 0 Å². The van der Waals surface area contributed by atoms with Crippen LogP contribution in [-0.4, -0.2) is 0 Å². The molecule has 4 atom stereocenters. The first-order valence-electron chi connectivity index (χ1n) is 13.9. The van der Waals surface area contributed by atoms with Crippen LogP contribution in [0.15, 0.2) is 36.5 Å². The highest BCUT2D eigenvalue weighted by molar-refractivity contribution is 5.05. The number of hydrogen-bond donors (Lipinski definition) is 0. The van der Waals surface area contributed by atoms with E-state index in [9.17, 15) is 0 Å². The second kappa shape index (κ2) is 16.8. The quantitative estimate of drug-likeness (QED) is 0.271. The average Bonchev–Trinajstić information content (AvgIpc) is 2.74. The fraction of sp³-hybridized carbons (Fsp3) is 0.806. The van der Waals surface area contributed by atoms with Crippen LogP contribution in [0, 0.1) is 23.7 Å². The Morgan fingerprint density at radius 1 is 0.710 bits per heavy atom. The smallest absolute Gasteiger partial charge is 0.0180 e. The molecule has 2 aliphatic carbocycles. The first-order valence-corrected chi connectivity index (χ1v) is 13.9. The van der Waals surface area contributed by atoms with Gasteiger partial charge in [-0.1, -0.05) is 115 Å². The average molecular weight is 429 g/mol. The summed E-state index contributed by atoms with van der Waals surface area (Å²) in [6.07, 6.45) is 23.2. The molecule has 0 aliphatic heterocycles. The van der Waals surface area contributed by atoms with Gasteiger partial charge in [-0.2, -0.15) is 0 Å². The van der Waals surface area contributed by atoms with Gasteiger partial charge >= 0.3 is 0 Å². The van der Waals surface area contributed by atoms with Gasteiger partial charge in [0.15, 0.2) is 0 Å². The SMILES string of the molecule is C=C(C)CCC1CCCCC1CCC.C=C(CCC)CCCC(=C)C1CCCCC1C. The Hall–Kier alpha value is -0.780. The molecule has 31 heavy (non-hydrogen) atoms. The third-order valence-corrected chi connectivity index (χ3v) is 7.94. The zero-order valence-electron chi connectivity index (χ0n) is 22.0. The maximum atomic E-state index is 4.34. The van der Waals surface area contributed by atoms with Crippen LogP contribution in [0.4, 0.5) is 0 Å². The molecule has 0 heteroatoms. The van der Waals surface area contributed by atoms with Crippen molar-refractivity contribution < 1.29 is 0 Å². The van der Waals surface area contributed by atoms with Crippen molar-refractivity contribution in [2.75, 3.05) is 0 Å². The number of hydrogen-bond acceptors (Lipinski definition) is 0. The number of allylic oxidation sites excluding steroid dienone is 3. The first-order chi connectivity index (χ1) is 14.9. The van der Waals surface area contributed by atoms with Gasteiger partial charge in [0, 0.05) is 0 Å². The van der Waals surface area contributed by atoms with Crippen LogP contribution in [0.5, 0.6) is 0 Å². The highest BCUT2D eigenvalue weighted by atomic mass is 14.3. The van der Waals surface area contributed by atoms with E-state index in [0.29, 0.717) is 0 Å². The molecule has 0 aromatic carbocycles. The van der Waals surface area contributed by atoms with Gasteiger partial charge in [-0.3, -0.25) is 0 Å². The molecule has 0 N–H and O–H groups in total. The van der Waals surface area contributed by atoms with Gasteiger partial charge in [0.2, 0.25) is 0 Å². The lowest BCUT2D eigenvalue weighted by Gasteiger charge is -2.31. The summed E-state index contributed by atoms with van der Waals surface area (Å²) >= 11 is 0. The van der Waals surface area contributed by atoms with Crippen LogP contribution in [-0.2, 0) is 0 Å². The fourth-order valence-electron chi connectivity index (χ4n) is 6.00. The lowest BCUT2D eigenvalue weighted by Crippen LogP contribution is -2.19. The van der Waals surface area contributed by atoms with E-state index in [1.54, 1.807) is 0 Å². The predicted molar refractivity (Wildman–Crippen MR) is 143 cm³/mol. The number of rotatable bonds is 12. The predicted octanol–water partition coefficient (Wildman–Crippen LogP) is 10.8. The molecular formula is C31H56. The van der Waals surface area contributed by atoms with Crippen molar-refractivity contribution >= 4 is 0 Å². The van der Waals surface area contributed by atoms with Crippen molar-refractivity contribution in [1.29, 1.82) is 0 Å². The van der Waals surface area contributed by atoms with Crippen LogP contribution in [0.1, 0.15) is 137 Å². The monoisotopic (exact) mass is 428 g/mol. The third-order valence-electron chi connectivity index (χ3n) is 7.94. The second-order valence-electron chi connectivity index (χ2n) is 11.0. The van der Waals surface area contributed by atoms with E-state index in [2.05, 4.69) is 47.4 Å². The maximum Gasteiger partial charge on any atom is -0.0180 e. The van der Waals surface area contributed by atoms with E-state index in [0.717, 1.165) is 23.7 Å². The lowest BCUT2D eigenvalue weighted by atomic mass is 9.74. The van der Waals surface area contributed by atoms with E-state index in [4.69, 9.17) is 0 Å². The van der Waals surface area contributed by atoms with Gasteiger partial charge in [-0.05, 0) is 75.5 Å². The van der Waals surface area contributed by atoms with E-state index >= 15 is 0 Å². The molecule has 0 saturated heterocycles. The van der Waals surface area contributed by atoms with Crippen molar-refractivity contribution in [1.82, 2.24) is 0 Å². The largest absolute Gasteiger partial charge is 0.100 e. The summed E-state index contributed by atoms with van der Waals surface area (Å²) in [7, 11) is 0. The molecular weight excluding hydrogens is 372 g/mol. The Labute approximate surface area is 197 Å². The molecule has 2 fully saturated rings. The molecule has 2 saturated carbocycles. The van der Waals surface area contributed by atoms with Gasteiger partial charge in [0.1, 0.15) is 0 Å². The van der Waals surface area contributed by atoms with Gasteiger partial charge in [-0.25, -0.2) is 0 Å². The van der Waals surface area contributed by atoms with Crippen molar-refractivity contribution in [2.45, 2.75) is 137 Å². The normalized spacial score (nSPS) is 25.9.